The molecule has 0 atom stereocenters. The summed E-state index contributed by atoms with van der Waals surface area (Å²) >= 11 is 30.5. The zero-order valence-electron chi connectivity index (χ0n) is 54.4. The van der Waals surface area contributed by atoms with E-state index in [-0.39, 0.29) is 63.4 Å². The number of hydrogen-bond donors (Lipinski definition) is 7. The van der Waals surface area contributed by atoms with Gasteiger partial charge in [0.15, 0.2) is 0 Å². The van der Waals surface area contributed by atoms with Crippen molar-refractivity contribution in [3.05, 3.63) is 307 Å². The van der Waals surface area contributed by atoms with Crippen LogP contribution in [0.1, 0.15) is 131 Å². The van der Waals surface area contributed by atoms with Gasteiger partial charge in [0.2, 0.25) is 29.8 Å². The third kappa shape index (κ3) is 22.1. The van der Waals surface area contributed by atoms with E-state index >= 15 is 0 Å². The van der Waals surface area contributed by atoms with Gasteiger partial charge in [0.05, 0.1) is 19.9 Å². The van der Waals surface area contributed by atoms with Gasteiger partial charge in [0.25, 0.3) is 5.69 Å². The molecule has 7 aliphatic rings. The first-order chi connectivity index (χ1) is 48.1. The first-order valence-corrected chi connectivity index (χ1v) is 37.6. The van der Waals surface area contributed by atoms with Crippen molar-refractivity contribution in [1.82, 2.24) is 5.32 Å². The van der Waals surface area contributed by atoms with Crippen molar-refractivity contribution < 1.29 is 55.9 Å². The molecule has 7 aromatic carbocycles. The van der Waals surface area contributed by atoms with Crippen LogP contribution in [0.4, 0.5) is 5.69 Å². The van der Waals surface area contributed by atoms with E-state index in [4.69, 9.17) is 33.8 Å². The van der Waals surface area contributed by atoms with E-state index in [0.717, 1.165) is 142 Å². The molecule has 0 radical (unpaired) electrons. The summed E-state index contributed by atoms with van der Waals surface area (Å²) in [6.07, 6.45) is 25.1. The van der Waals surface area contributed by atoms with Gasteiger partial charge in [0, 0.05) is 82.3 Å². The van der Waals surface area contributed by atoms with Crippen molar-refractivity contribution in [3.8, 4) is 0 Å². The topological polar surface area (TPSA) is 334 Å². The third-order valence-corrected chi connectivity index (χ3v) is 22.3. The molecule has 6 aliphatic carbocycles. The van der Waals surface area contributed by atoms with Crippen molar-refractivity contribution in [1.29, 1.82) is 0 Å². The Morgan fingerprint density at radius 2 is 0.951 bits per heavy atom. The minimum Gasteiger partial charge on any atom is -1.00 e. The van der Waals surface area contributed by atoms with Gasteiger partial charge in [-0.2, -0.15) is 0 Å². The Balaban J connectivity index is 0.000000216. The summed E-state index contributed by atoms with van der Waals surface area (Å²) in [4.78, 5) is 75.6. The second kappa shape index (κ2) is 41.3. The Morgan fingerprint density at radius 3 is 1.44 bits per heavy atom. The molecule has 14 rings (SSSR count). The van der Waals surface area contributed by atoms with Gasteiger partial charge >= 0.3 is 29.0 Å². The Morgan fingerprint density at radius 1 is 0.534 bits per heavy atom. The molecule has 0 spiro atoms. The van der Waals surface area contributed by atoms with E-state index in [1.54, 1.807) is 48.5 Å². The molecule has 1 aliphatic heterocycles. The summed E-state index contributed by atoms with van der Waals surface area (Å²) in [6.45, 7) is 9.54. The van der Waals surface area contributed by atoms with Gasteiger partial charge in [-0.15, -0.1) is 0 Å². The van der Waals surface area contributed by atoms with Crippen molar-refractivity contribution in [2.45, 2.75) is 51.4 Å². The molecule has 7 aromatic rings. The first-order valence-electron chi connectivity index (χ1n) is 30.4. The summed E-state index contributed by atoms with van der Waals surface area (Å²) in [5, 5.41) is 32.9. The van der Waals surface area contributed by atoms with Crippen LogP contribution < -0.4 is 51.0 Å². The number of carbonyl (C=O) groups is 5. The minimum atomic E-state index is -0.854. The summed E-state index contributed by atoms with van der Waals surface area (Å²) < 4.78 is 8.43. The van der Waals surface area contributed by atoms with Crippen LogP contribution in [0.2, 0.25) is 0 Å². The summed E-state index contributed by atoms with van der Waals surface area (Å²) in [7, 11) is 0. The van der Waals surface area contributed by atoms with Gasteiger partial charge in [0.1, 0.15) is 0 Å². The van der Waals surface area contributed by atoms with Crippen LogP contribution in [-0.2, 0) is 38.5 Å². The number of carboxylic acid groups (broad SMARTS) is 1. The Bertz CT molecular complexity index is 4670. The molecule has 1 heterocycles. The van der Waals surface area contributed by atoms with E-state index in [2.05, 4.69) is 192 Å². The van der Waals surface area contributed by atoms with Crippen molar-refractivity contribution in [2.75, 3.05) is 19.6 Å². The smallest absolute Gasteiger partial charge is 1.00 e. The largest absolute Gasteiger partial charge is 2.00 e. The fourth-order valence-electron chi connectivity index (χ4n) is 11.9. The number of nitrogens with two attached hydrogens (primary N) is 5. The summed E-state index contributed by atoms with van der Waals surface area (Å²) in [5.41, 5.74) is 47.2. The van der Waals surface area contributed by atoms with E-state index in [1.165, 1.54) is 54.5 Å². The Kier molecular flexibility index (Phi) is 35.2. The van der Waals surface area contributed by atoms with Crippen molar-refractivity contribution >= 4 is 237 Å². The molecule has 29 heteroatoms. The average molecular weight is 2050 g/mol. The minimum absolute atomic E-state index is 0. The molecule has 103 heavy (non-hydrogen) atoms. The van der Waals surface area contributed by atoms with Crippen LogP contribution in [0.3, 0.4) is 0 Å². The summed E-state index contributed by atoms with van der Waals surface area (Å²) in [6, 6.07) is 26.7. The maximum atomic E-state index is 11.5. The standard InChI is InChI=1S/C13H13BrN2O.C12H9BrN2O3.C12H13BrN2O.C10H8BrNO.C10H7BrO2.C9H6Br2.C6H3Br2NO2.C2H3.BrH.Mg/c14-11-2-1-9(13(15)17)10-5-7-6-16-4-3-8(7)12(10)11;13-10-4-3-9(12(14)16)8-2-1-7(11(8)10)5-6-15(17)18;13-10-4-3-9(12(15)16)8-2-1-7(5-6-14)11(8)10;2*11-9-5-4-8(10(12)13)6-2-1-3-7(6)9;10-8-4-5-9(11)7-3-1-2-6(7)8;7-4-1-2-5(8)6(3-4)9(10)11;1-2;;/h1-2,16H,3-6H2,(H2,15,17);1,3-6H,2H2,(H2,14,16);1,3-4H,2,5-6,14H2,(H2,15,16);1,3-5H,2H2,(H2,12,13);1,3-5H,2H2,(H,12,13);1-2,4-5H,3H2;1-3H;1H,2H2;1H;/q;;;;;;;-1;;+2/p-1/b;6-5+;;;;;;;;. The SMILES string of the molecule is Brc1ccc(Br)c2c1C=CC2.NC(=O)c1ccc(Br)c2c1CC1=C2CCNC1.NC(=O)c1ccc(Br)c2c1CC=C2.NC(=O)c1ccc(Br)c2c1CC=C2/C=C/[N+](=O)[O-].NCCC1=CCc2c(C(N)=O)ccc(Br)c21.O=C(O)c1ccc(Br)c2c1CC=C2.O=[N+]([O-])c1cc(Br)ccc1Br.[Br-].[CH-]=C.[Mg+2]. The average Bonchev–Trinajstić information content (AvgIpc) is 1.63. The van der Waals surface area contributed by atoms with Crippen LogP contribution in [0, 0.1) is 26.8 Å². The summed E-state index contributed by atoms with van der Waals surface area (Å²) in [5.74, 6) is -2.40. The molecule has 0 saturated carbocycles. The van der Waals surface area contributed by atoms with Gasteiger partial charge in [-0.1, -0.05) is 176 Å². The number of primary amides is 4. The number of aromatic carboxylic acids is 1. The Hall–Kier alpha value is -5.90. The van der Waals surface area contributed by atoms with Gasteiger partial charge < -0.3 is 62.7 Å². The zero-order chi connectivity index (χ0) is 74.1. The van der Waals surface area contributed by atoms with Gasteiger partial charge in [-0.3, -0.25) is 46.0 Å². The molecule has 0 fully saturated rings. The van der Waals surface area contributed by atoms with E-state index in [1.807, 2.05) is 54.6 Å². The molecule has 0 aromatic heterocycles. The molecular weight excluding hydrogens is 1980 g/mol. The van der Waals surface area contributed by atoms with Crippen molar-refractivity contribution in [2.24, 2.45) is 28.7 Å². The number of nitro benzene ring substituents is 1. The second-order valence-corrected chi connectivity index (χ2v) is 30.0. The molecule has 0 saturated heterocycles. The zero-order valence-corrected chi connectivity index (χ0v) is 71.7. The third-order valence-electron chi connectivity index (χ3n) is 16.3. The second-order valence-electron chi connectivity index (χ2n) is 22.3. The number of amides is 4. The van der Waals surface area contributed by atoms with Crippen LogP contribution in [0.25, 0.3) is 34.9 Å². The number of nitro groups is 2. The normalized spacial score (nSPS) is 13.2. The maximum Gasteiger partial charge on any atom is 2.00 e. The van der Waals surface area contributed by atoms with Crippen LogP contribution in [-0.4, -0.2) is 87.2 Å². The maximum absolute atomic E-state index is 11.5. The van der Waals surface area contributed by atoms with Crippen molar-refractivity contribution in [3.63, 3.8) is 0 Å². The van der Waals surface area contributed by atoms with Crippen LogP contribution >= 0.6 is 143 Å². The number of rotatable bonds is 10. The molecular formula is C74H62Br10MgN8O10. The molecule has 530 valence electrons. The Labute approximate surface area is 697 Å². The first kappa shape index (κ1) is 87.7. The number of allylic oxidation sites excluding steroid dienone is 7. The monoisotopic (exact) mass is 2040 g/mol. The number of benzene rings is 7. The number of fused-ring (bicyclic) bond motifs is 7. The quantitative estimate of drug-likeness (QED) is 0.0291. The molecule has 0 unspecified atom stereocenters. The van der Waals surface area contributed by atoms with E-state index < -0.39 is 21.7 Å². The molecule has 18 nitrogen and oxygen atoms in total. The van der Waals surface area contributed by atoms with E-state index in [0.29, 0.717) is 49.7 Å². The van der Waals surface area contributed by atoms with Crippen LogP contribution in [0.15, 0.2) is 186 Å². The molecule has 0 bridgehead atoms. The number of carboxylic acids is 1. The molecule has 12 N–H and O–H groups in total. The fraction of sp³-hybridized carbons (Fsp3) is 0.149. The fourth-order valence-corrected chi connectivity index (χ4v) is 16.5. The number of nitrogens with zero attached hydrogens (tertiary/aromatic N) is 2. The number of nitrogens with one attached hydrogen (secondary N) is 1. The molecule has 4 amide bonds. The van der Waals surface area contributed by atoms with Crippen LogP contribution in [0.5, 0.6) is 0 Å². The number of hydrogen-bond acceptors (Lipinski definition) is 11. The number of carbonyl (C=O) groups excluding carboxylic acids is 4. The van der Waals surface area contributed by atoms with E-state index in [9.17, 15) is 44.2 Å². The van der Waals surface area contributed by atoms with Gasteiger partial charge in [-0.25, -0.2) is 4.79 Å². The predicted octanol–water partition coefficient (Wildman–Crippen LogP) is 14.9. The van der Waals surface area contributed by atoms with Gasteiger partial charge in [-0.05, 0) is 249 Å². The predicted molar refractivity (Wildman–Crippen MR) is 437 cm³/mol. The number of halogens is 10.